The number of rotatable bonds is 6. The third-order valence-electron chi connectivity index (χ3n) is 10.8. The Labute approximate surface area is 312 Å². The van der Waals surface area contributed by atoms with Crippen LogP contribution in [-0.2, 0) is 0 Å². The van der Waals surface area contributed by atoms with Crippen LogP contribution in [0, 0.1) is 0 Å². The maximum absolute atomic E-state index is 5.04. The first-order valence-electron chi connectivity index (χ1n) is 18.4. The molecule has 5 heteroatoms. The van der Waals surface area contributed by atoms with Gasteiger partial charge in [-0.15, -0.1) is 0 Å². The van der Waals surface area contributed by atoms with Gasteiger partial charge in [-0.1, -0.05) is 133 Å². The molecular formula is C49H33N5. The van der Waals surface area contributed by atoms with Crippen molar-refractivity contribution in [3.8, 4) is 22.5 Å². The van der Waals surface area contributed by atoms with E-state index in [0.717, 1.165) is 50.9 Å². The molecular weight excluding hydrogens is 659 g/mol. The van der Waals surface area contributed by atoms with Crippen LogP contribution < -0.4 is 5.32 Å². The highest BCUT2D eigenvalue weighted by atomic mass is 15.2. The van der Waals surface area contributed by atoms with Crippen molar-refractivity contribution in [2.75, 3.05) is 0 Å². The first kappa shape index (κ1) is 30.4. The molecule has 0 radical (unpaired) electrons. The predicted molar refractivity (Wildman–Crippen MR) is 224 cm³/mol. The Bertz CT molecular complexity index is 3040. The molecule has 0 amide bonds. The number of fused-ring (bicyclic) bond motifs is 3. The predicted octanol–water partition coefficient (Wildman–Crippen LogP) is 11.5. The fourth-order valence-corrected chi connectivity index (χ4v) is 8.30. The number of para-hydroxylation sites is 1. The van der Waals surface area contributed by atoms with Gasteiger partial charge in [0, 0.05) is 50.2 Å². The molecule has 1 aliphatic rings. The number of hydrogen-bond donors (Lipinski definition) is 1. The van der Waals surface area contributed by atoms with E-state index in [0.29, 0.717) is 0 Å². The van der Waals surface area contributed by atoms with Crippen molar-refractivity contribution in [3.05, 3.63) is 205 Å². The number of aliphatic imine (C=N–C) groups is 2. The van der Waals surface area contributed by atoms with Crippen molar-refractivity contribution in [3.63, 3.8) is 0 Å². The number of hydrogen-bond acceptors (Lipinski definition) is 3. The maximum atomic E-state index is 5.04. The summed E-state index contributed by atoms with van der Waals surface area (Å²) in [5, 5.41) is 10.0. The highest BCUT2D eigenvalue weighted by Crippen LogP contribution is 2.44. The fraction of sp³-hybridized carbons (Fsp3) is 0.0204. The largest absolute Gasteiger partial charge is 0.344 e. The molecule has 8 aromatic carbocycles. The molecule has 1 N–H and O–H groups in total. The summed E-state index contributed by atoms with van der Waals surface area (Å²) in [6.07, 6.45) is 1.97. The lowest BCUT2D eigenvalue weighted by Crippen LogP contribution is -2.33. The van der Waals surface area contributed by atoms with Crippen LogP contribution in [0.5, 0.6) is 0 Å². The molecule has 54 heavy (non-hydrogen) atoms. The Kier molecular flexibility index (Phi) is 6.85. The molecule has 1 aliphatic heterocycles. The number of aromatic nitrogens is 2. The molecule has 0 aliphatic carbocycles. The van der Waals surface area contributed by atoms with E-state index < -0.39 is 0 Å². The molecule has 254 valence electrons. The average Bonchev–Trinajstić information content (AvgIpc) is 3.86. The van der Waals surface area contributed by atoms with Crippen LogP contribution in [0.2, 0.25) is 0 Å². The summed E-state index contributed by atoms with van der Waals surface area (Å²) in [7, 11) is 0. The van der Waals surface area contributed by atoms with Crippen molar-refractivity contribution in [1.29, 1.82) is 0 Å². The third kappa shape index (κ3) is 4.79. The lowest BCUT2D eigenvalue weighted by Gasteiger charge is -2.24. The topological polar surface area (TPSA) is 46.6 Å². The van der Waals surface area contributed by atoms with Gasteiger partial charge in [0.05, 0.1) is 16.6 Å². The Morgan fingerprint density at radius 3 is 1.85 bits per heavy atom. The number of amidine groups is 2. The SMILES string of the molecule is c1ccc(C2=NC(c3ccccc3)NC(c3cccc(-c4ccc(-n5c6cccc7c8ccn(-c9ccccc9)c8c8cccc5c8c76)cc4)c3)=N2)cc1. The zero-order valence-electron chi connectivity index (χ0n) is 29.3. The Morgan fingerprint density at radius 1 is 0.463 bits per heavy atom. The van der Waals surface area contributed by atoms with Crippen molar-refractivity contribution in [1.82, 2.24) is 14.5 Å². The van der Waals surface area contributed by atoms with Gasteiger partial charge in [0.2, 0.25) is 0 Å². The summed E-state index contributed by atoms with van der Waals surface area (Å²) in [5.74, 6) is 1.53. The molecule has 0 saturated heterocycles. The highest BCUT2D eigenvalue weighted by molar-refractivity contribution is 6.34. The quantitative estimate of drug-likeness (QED) is 0.173. The lowest BCUT2D eigenvalue weighted by molar-refractivity contribution is 0.674. The summed E-state index contributed by atoms with van der Waals surface area (Å²) in [4.78, 5) is 10.1. The summed E-state index contributed by atoms with van der Waals surface area (Å²) >= 11 is 0. The minimum atomic E-state index is -0.242. The lowest BCUT2D eigenvalue weighted by atomic mass is 9.98. The molecule has 0 spiro atoms. The fourth-order valence-electron chi connectivity index (χ4n) is 8.30. The van der Waals surface area contributed by atoms with Crippen molar-refractivity contribution in [2.45, 2.75) is 6.17 Å². The Hall–Kier alpha value is -7.24. The highest BCUT2D eigenvalue weighted by Gasteiger charge is 2.23. The van der Waals surface area contributed by atoms with Crippen LogP contribution in [0.1, 0.15) is 22.9 Å². The Balaban J connectivity index is 0.994. The first-order chi connectivity index (χ1) is 26.8. The number of benzene rings is 8. The molecule has 0 bridgehead atoms. The van der Waals surface area contributed by atoms with Crippen LogP contribution in [0.3, 0.4) is 0 Å². The zero-order chi connectivity index (χ0) is 35.6. The standard InChI is InChI=1S/C49H33N5/c1-4-13-33(14-5-1)47-50-48(34-15-6-2-7-16-34)52-49(51-47)36-18-10-17-35(31-36)32-25-27-38(28-26-32)54-42-23-11-21-39-40-29-30-53(37-19-8-3-9-20-37)46(40)41-22-12-24-43(54)45(41)44(39)42/h1-31,47H,(H,50,51,52). The van der Waals surface area contributed by atoms with E-state index >= 15 is 0 Å². The number of nitrogens with one attached hydrogen (secondary N) is 1. The van der Waals surface area contributed by atoms with Gasteiger partial charge in [-0.2, -0.15) is 0 Å². The van der Waals surface area contributed by atoms with Crippen molar-refractivity contribution >= 4 is 55.2 Å². The molecule has 1 unspecified atom stereocenters. The van der Waals surface area contributed by atoms with Crippen LogP contribution >= 0.6 is 0 Å². The van der Waals surface area contributed by atoms with Gasteiger partial charge in [0.1, 0.15) is 12.0 Å². The molecule has 2 aromatic heterocycles. The number of nitrogens with zero attached hydrogens (tertiary/aromatic N) is 4. The summed E-state index contributed by atoms with van der Waals surface area (Å²) < 4.78 is 4.75. The van der Waals surface area contributed by atoms with Crippen LogP contribution in [0.15, 0.2) is 198 Å². The van der Waals surface area contributed by atoms with Gasteiger partial charge in [-0.05, 0) is 70.6 Å². The second kappa shape index (κ2) is 12.2. The van der Waals surface area contributed by atoms with Crippen LogP contribution in [0.4, 0.5) is 0 Å². The minimum Gasteiger partial charge on any atom is -0.344 e. The summed E-state index contributed by atoms with van der Waals surface area (Å²) in [6.45, 7) is 0. The van der Waals surface area contributed by atoms with Gasteiger partial charge < -0.3 is 14.5 Å². The molecule has 10 aromatic rings. The normalized spacial score (nSPS) is 14.5. The smallest absolute Gasteiger partial charge is 0.159 e. The van der Waals surface area contributed by atoms with Gasteiger partial charge in [0.25, 0.3) is 0 Å². The Morgan fingerprint density at radius 2 is 1.09 bits per heavy atom. The first-order valence-corrected chi connectivity index (χ1v) is 18.4. The maximum Gasteiger partial charge on any atom is 0.159 e. The summed E-state index contributed by atoms with van der Waals surface area (Å²) in [5.41, 5.74) is 11.3. The van der Waals surface area contributed by atoms with Crippen molar-refractivity contribution in [2.24, 2.45) is 9.98 Å². The van der Waals surface area contributed by atoms with Gasteiger partial charge in [0.15, 0.2) is 5.84 Å². The van der Waals surface area contributed by atoms with Crippen molar-refractivity contribution < 1.29 is 0 Å². The molecule has 1 atom stereocenters. The average molecular weight is 692 g/mol. The van der Waals surface area contributed by atoms with E-state index in [1.807, 2.05) is 24.3 Å². The van der Waals surface area contributed by atoms with Crippen LogP contribution in [0.25, 0.3) is 66.0 Å². The minimum absolute atomic E-state index is 0.242. The monoisotopic (exact) mass is 691 g/mol. The van der Waals surface area contributed by atoms with Gasteiger partial charge in [-0.25, -0.2) is 9.98 Å². The van der Waals surface area contributed by atoms with E-state index in [9.17, 15) is 0 Å². The molecule has 5 nitrogen and oxygen atoms in total. The zero-order valence-corrected chi connectivity index (χ0v) is 29.3. The summed E-state index contributed by atoms with van der Waals surface area (Å²) in [6, 6.07) is 64.5. The molecule has 0 fully saturated rings. The second-order valence-corrected chi connectivity index (χ2v) is 13.9. The molecule has 11 rings (SSSR count). The third-order valence-corrected chi connectivity index (χ3v) is 10.8. The van der Waals surface area contributed by atoms with E-state index in [-0.39, 0.29) is 6.17 Å². The molecule has 0 saturated carbocycles. The van der Waals surface area contributed by atoms with E-state index in [4.69, 9.17) is 9.98 Å². The van der Waals surface area contributed by atoms with Gasteiger partial charge >= 0.3 is 0 Å². The van der Waals surface area contributed by atoms with Crippen LogP contribution in [-0.4, -0.2) is 20.8 Å². The second-order valence-electron chi connectivity index (χ2n) is 13.9. The van der Waals surface area contributed by atoms with E-state index in [1.165, 1.54) is 43.5 Å². The van der Waals surface area contributed by atoms with E-state index in [1.54, 1.807) is 0 Å². The molecule has 3 heterocycles. The van der Waals surface area contributed by atoms with Gasteiger partial charge in [-0.3, -0.25) is 0 Å². The van der Waals surface area contributed by atoms with E-state index in [2.05, 4.69) is 178 Å².